The number of ether oxygens (including phenoxy) is 1. The number of aryl methyl sites for hydroxylation is 1. The van der Waals surface area contributed by atoms with E-state index in [2.05, 4.69) is 15.6 Å². The topological polar surface area (TPSA) is 88.4 Å². The minimum Gasteiger partial charge on any atom is -0.486 e. The second-order valence-corrected chi connectivity index (χ2v) is 7.34. The molecule has 3 N–H and O–H groups in total. The predicted molar refractivity (Wildman–Crippen MR) is 118 cm³/mol. The lowest BCUT2D eigenvalue weighted by molar-refractivity contribution is 0.238. The van der Waals surface area contributed by atoms with Crippen molar-refractivity contribution in [2.75, 3.05) is 17.2 Å². The van der Waals surface area contributed by atoms with Crippen molar-refractivity contribution >= 4 is 29.1 Å². The van der Waals surface area contributed by atoms with Crippen LogP contribution in [0.25, 0.3) is 6.08 Å². The van der Waals surface area contributed by atoms with Crippen molar-refractivity contribution in [3.63, 3.8) is 0 Å². The Morgan fingerprint density at radius 1 is 1.30 bits per heavy atom. The number of aliphatic hydroxyl groups is 1. The summed E-state index contributed by atoms with van der Waals surface area (Å²) in [4.78, 5) is 16.4. The van der Waals surface area contributed by atoms with Crippen molar-refractivity contribution in [2.45, 2.75) is 12.8 Å². The predicted octanol–water partition coefficient (Wildman–Crippen LogP) is 3.25. The van der Waals surface area contributed by atoms with Crippen LogP contribution < -0.4 is 20.9 Å². The maximum atomic E-state index is 12.1. The van der Waals surface area contributed by atoms with Gasteiger partial charge >= 0.3 is 0 Å². The maximum absolute atomic E-state index is 12.1. The molecule has 0 radical (unpaired) electrons. The molecule has 0 bridgehead atoms. The molecule has 1 aromatic carbocycles. The van der Waals surface area contributed by atoms with Gasteiger partial charge in [0.1, 0.15) is 24.3 Å². The third kappa shape index (κ3) is 4.32. The van der Waals surface area contributed by atoms with E-state index in [1.807, 2.05) is 24.3 Å². The van der Waals surface area contributed by atoms with Crippen LogP contribution in [0.15, 0.2) is 65.2 Å². The smallest absolute Gasteiger partial charge is 0.273 e. The Morgan fingerprint density at radius 2 is 2.17 bits per heavy atom. The number of aliphatic hydroxyl groups excluding tert-OH is 1. The van der Waals surface area contributed by atoms with Gasteiger partial charge in [0.05, 0.1) is 10.7 Å². The molecule has 0 saturated carbocycles. The summed E-state index contributed by atoms with van der Waals surface area (Å²) in [5.41, 5.74) is 3.35. The Morgan fingerprint density at radius 3 is 2.97 bits per heavy atom. The summed E-state index contributed by atoms with van der Waals surface area (Å²) in [6.45, 7) is 0.599. The normalized spacial score (nSPS) is 15.0. The fourth-order valence-electron chi connectivity index (χ4n) is 3.15. The summed E-state index contributed by atoms with van der Waals surface area (Å²) < 4.78 is 7.29. The summed E-state index contributed by atoms with van der Waals surface area (Å²) >= 11 is 6.40. The van der Waals surface area contributed by atoms with Crippen LogP contribution in [0.5, 0.6) is 5.75 Å². The number of nitrogens with one attached hydrogen (secondary N) is 2. The van der Waals surface area contributed by atoms with Crippen molar-refractivity contribution in [3.05, 3.63) is 87.1 Å². The van der Waals surface area contributed by atoms with E-state index >= 15 is 0 Å². The van der Waals surface area contributed by atoms with Gasteiger partial charge in [0.2, 0.25) is 0 Å². The molecular formula is C22H21ClN4O3. The van der Waals surface area contributed by atoms with Crippen molar-refractivity contribution in [1.82, 2.24) is 9.55 Å². The first-order chi connectivity index (χ1) is 14.5. The third-order valence-corrected chi connectivity index (χ3v) is 5.09. The summed E-state index contributed by atoms with van der Waals surface area (Å²) in [5.74, 6) is 0.503. The molecule has 1 unspecified atom stereocenters. The molecule has 4 rings (SSSR count). The Balaban J connectivity index is 1.50. The van der Waals surface area contributed by atoms with Gasteiger partial charge in [0.15, 0.2) is 0 Å². The van der Waals surface area contributed by atoms with Crippen LogP contribution >= 0.6 is 11.6 Å². The number of aromatic nitrogens is 2. The largest absolute Gasteiger partial charge is 0.486 e. The SMILES string of the molecule is Cn1cccc(NCC2=Cc3cc(Cl)c(OCc4ccccn4)cc3NC2O)c1=O. The van der Waals surface area contributed by atoms with E-state index in [9.17, 15) is 9.90 Å². The van der Waals surface area contributed by atoms with Gasteiger partial charge in [-0.1, -0.05) is 17.7 Å². The summed E-state index contributed by atoms with van der Waals surface area (Å²) in [6, 6.07) is 12.6. The lowest BCUT2D eigenvalue weighted by Gasteiger charge is -2.25. The van der Waals surface area contributed by atoms with Gasteiger partial charge in [-0.2, -0.15) is 0 Å². The standard InChI is InChI=1S/C22H21ClN4O3/c1-27-8-4-6-18(22(27)29)25-12-15-9-14-10-17(23)20(11-19(14)26-21(15)28)30-13-16-5-2-3-7-24-16/h2-11,21,25-26,28H,12-13H2,1H3. The minimum atomic E-state index is -0.901. The number of rotatable bonds is 6. The molecule has 1 aliphatic rings. The average molecular weight is 425 g/mol. The van der Waals surface area contributed by atoms with Crippen molar-refractivity contribution < 1.29 is 9.84 Å². The average Bonchev–Trinajstić information content (AvgIpc) is 2.74. The molecule has 0 saturated heterocycles. The fourth-order valence-corrected chi connectivity index (χ4v) is 3.38. The van der Waals surface area contributed by atoms with Crippen LogP contribution in [0.1, 0.15) is 11.3 Å². The molecule has 2 aromatic heterocycles. The molecule has 0 spiro atoms. The van der Waals surface area contributed by atoms with Crippen molar-refractivity contribution in [2.24, 2.45) is 7.05 Å². The van der Waals surface area contributed by atoms with Crippen molar-refractivity contribution in [1.29, 1.82) is 0 Å². The first kappa shape index (κ1) is 20.0. The van der Waals surface area contributed by atoms with Crippen molar-refractivity contribution in [3.8, 4) is 5.75 Å². The van der Waals surface area contributed by atoms with Crippen LogP contribution in [0.4, 0.5) is 11.4 Å². The van der Waals surface area contributed by atoms with E-state index in [-0.39, 0.29) is 5.56 Å². The molecule has 1 atom stereocenters. The molecule has 30 heavy (non-hydrogen) atoms. The number of pyridine rings is 2. The zero-order valence-electron chi connectivity index (χ0n) is 16.3. The molecule has 8 heteroatoms. The molecule has 1 aliphatic heterocycles. The lowest BCUT2D eigenvalue weighted by atomic mass is 10.0. The molecule has 3 heterocycles. The molecular weight excluding hydrogens is 404 g/mol. The van der Waals surface area contributed by atoms with E-state index in [1.165, 1.54) is 4.57 Å². The number of nitrogens with zero attached hydrogens (tertiary/aromatic N) is 2. The van der Waals surface area contributed by atoms with E-state index < -0.39 is 6.23 Å². The lowest BCUT2D eigenvalue weighted by Crippen LogP contribution is -2.30. The fraction of sp³-hybridized carbons (Fsp3) is 0.182. The number of hydrogen-bond acceptors (Lipinski definition) is 6. The van der Waals surface area contributed by atoms with Crippen LogP contribution in [0.3, 0.4) is 0 Å². The summed E-state index contributed by atoms with van der Waals surface area (Å²) in [5, 5.41) is 17.1. The van der Waals surface area contributed by atoms with Crippen LogP contribution in [-0.2, 0) is 13.7 Å². The Kier molecular flexibility index (Phi) is 5.74. The van der Waals surface area contributed by atoms with E-state index in [4.69, 9.17) is 16.3 Å². The van der Waals surface area contributed by atoms with Crippen LogP contribution in [0.2, 0.25) is 5.02 Å². The molecule has 7 nitrogen and oxygen atoms in total. The number of anilines is 2. The van der Waals surface area contributed by atoms with E-state index in [1.54, 1.807) is 43.7 Å². The first-order valence-corrected chi connectivity index (χ1v) is 9.80. The van der Waals surface area contributed by atoms with E-state index in [0.717, 1.165) is 11.3 Å². The molecule has 0 amide bonds. The number of fused-ring (bicyclic) bond motifs is 1. The highest BCUT2D eigenvalue weighted by atomic mass is 35.5. The molecule has 0 aliphatic carbocycles. The zero-order chi connectivity index (χ0) is 21.1. The van der Waals surface area contributed by atoms with Gasteiger partial charge < -0.3 is 25.0 Å². The van der Waals surface area contributed by atoms with Gasteiger partial charge in [0, 0.05) is 37.7 Å². The van der Waals surface area contributed by atoms with Crippen LogP contribution in [0, 0.1) is 0 Å². The quantitative estimate of drug-likeness (QED) is 0.563. The highest BCUT2D eigenvalue weighted by molar-refractivity contribution is 6.32. The summed E-state index contributed by atoms with van der Waals surface area (Å²) in [6.07, 6.45) is 4.35. The highest BCUT2D eigenvalue weighted by Crippen LogP contribution is 2.36. The third-order valence-electron chi connectivity index (χ3n) is 4.80. The zero-order valence-corrected chi connectivity index (χ0v) is 17.1. The van der Waals surface area contributed by atoms with Gasteiger partial charge in [-0.3, -0.25) is 9.78 Å². The van der Waals surface area contributed by atoms with Gasteiger partial charge in [-0.05, 0) is 47.5 Å². The Labute approximate surface area is 178 Å². The monoisotopic (exact) mass is 424 g/mol. The van der Waals surface area contributed by atoms with Gasteiger partial charge in [-0.25, -0.2) is 0 Å². The Bertz CT molecular complexity index is 1140. The van der Waals surface area contributed by atoms with Gasteiger partial charge in [-0.15, -0.1) is 0 Å². The Hall–Kier alpha value is -3.29. The number of hydrogen-bond donors (Lipinski definition) is 3. The molecule has 0 fully saturated rings. The highest BCUT2D eigenvalue weighted by Gasteiger charge is 2.20. The minimum absolute atomic E-state index is 0.130. The van der Waals surface area contributed by atoms with Gasteiger partial charge in [0.25, 0.3) is 5.56 Å². The first-order valence-electron chi connectivity index (χ1n) is 9.42. The second kappa shape index (κ2) is 8.61. The number of benzene rings is 1. The molecule has 3 aromatic rings. The van der Waals surface area contributed by atoms with Crippen LogP contribution in [-0.4, -0.2) is 27.4 Å². The van der Waals surface area contributed by atoms with E-state index in [0.29, 0.717) is 40.9 Å². The second-order valence-electron chi connectivity index (χ2n) is 6.94. The summed E-state index contributed by atoms with van der Waals surface area (Å²) in [7, 11) is 1.69. The molecule has 154 valence electrons. The number of halogens is 1. The maximum Gasteiger partial charge on any atom is 0.273 e.